The lowest BCUT2D eigenvalue weighted by Gasteiger charge is -2.23. The third-order valence-corrected chi connectivity index (χ3v) is 3.86. The summed E-state index contributed by atoms with van der Waals surface area (Å²) < 4.78 is 0. The van der Waals surface area contributed by atoms with Crippen molar-refractivity contribution in [3.05, 3.63) is 35.4 Å². The molecule has 0 aliphatic heterocycles. The molecule has 0 spiro atoms. The van der Waals surface area contributed by atoms with Gasteiger partial charge >= 0.3 is 0 Å². The minimum absolute atomic E-state index is 0.139. The van der Waals surface area contributed by atoms with E-state index in [1.54, 1.807) is 12.1 Å². The van der Waals surface area contributed by atoms with Gasteiger partial charge in [-0.3, -0.25) is 4.79 Å². The molecule has 1 amide bonds. The van der Waals surface area contributed by atoms with Crippen LogP contribution in [0.2, 0.25) is 0 Å². The molecule has 1 aromatic rings. The standard InChI is InChI=1S/C15H22N2O2/c1-17(10-13-3-2-4-14(13)18)9-11-5-7-12(8-6-11)15(16)19/h5-8,13-14,18H,2-4,9-10H2,1H3,(H2,16,19). The maximum atomic E-state index is 11.0. The molecule has 1 aliphatic carbocycles. The zero-order valence-electron chi connectivity index (χ0n) is 11.4. The molecule has 2 rings (SSSR count). The van der Waals surface area contributed by atoms with Crippen molar-refractivity contribution in [2.75, 3.05) is 13.6 Å². The highest BCUT2D eigenvalue weighted by atomic mass is 16.3. The van der Waals surface area contributed by atoms with Crippen molar-refractivity contribution in [2.24, 2.45) is 11.7 Å². The first kappa shape index (κ1) is 14.0. The van der Waals surface area contributed by atoms with Crippen LogP contribution in [0.15, 0.2) is 24.3 Å². The largest absolute Gasteiger partial charge is 0.393 e. The summed E-state index contributed by atoms with van der Waals surface area (Å²) in [7, 11) is 2.06. The summed E-state index contributed by atoms with van der Waals surface area (Å²) >= 11 is 0. The summed E-state index contributed by atoms with van der Waals surface area (Å²) in [6.07, 6.45) is 3.05. The lowest BCUT2D eigenvalue weighted by molar-refractivity contribution is 0.0999. The summed E-state index contributed by atoms with van der Waals surface area (Å²) in [4.78, 5) is 13.2. The van der Waals surface area contributed by atoms with Gasteiger partial charge in [-0.1, -0.05) is 18.6 Å². The van der Waals surface area contributed by atoms with Crippen LogP contribution >= 0.6 is 0 Å². The van der Waals surface area contributed by atoms with E-state index in [0.29, 0.717) is 11.5 Å². The quantitative estimate of drug-likeness (QED) is 0.842. The van der Waals surface area contributed by atoms with Crippen molar-refractivity contribution in [1.29, 1.82) is 0 Å². The molecule has 1 aromatic carbocycles. The van der Waals surface area contributed by atoms with Gasteiger partial charge in [0, 0.05) is 18.7 Å². The van der Waals surface area contributed by atoms with Crippen molar-refractivity contribution >= 4 is 5.91 Å². The molecule has 0 saturated heterocycles. The van der Waals surface area contributed by atoms with Gasteiger partial charge in [0.2, 0.25) is 5.91 Å². The van der Waals surface area contributed by atoms with Crippen LogP contribution in [0.25, 0.3) is 0 Å². The van der Waals surface area contributed by atoms with E-state index in [1.807, 2.05) is 12.1 Å². The normalized spacial score (nSPS) is 22.9. The van der Waals surface area contributed by atoms with Crippen LogP contribution in [-0.4, -0.2) is 35.6 Å². The second-order valence-corrected chi connectivity index (χ2v) is 5.52. The minimum atomic E-state index is -0.394. The average molecular weight is 262 g/mol. The fourth-order valence-electron chi connectivity index (χ4n) is 2.78. The van der Waals surface area contributed by atoms with Gasteiger partial charge in [-0.25, -0.2) is 0 Å². The number of primary amides is 1. The Morgan fingerprint density at radius 1 is 1.37 bits per heavy atom. The maximum Gasteiger partial charge on any atom is 0.248 e. The third kappa shape index (κ3) is 3.78. The number of amides is 1. The number of carbonyl (C=O) groups excluding carboxylic acids is 1. The number of carbonyl (C=O) groups is 1. The van der Waals surface area contributed by atoms with Crippen LogP contribution in [0.1, 0.15) is 35.2 Å². The third-order valence-electron chi connectivity index (χ3n) is 3.86. The van der Waals surface area contributed by atoms with Gasteiger partial charge in [0.1, 0.15) is 0 Å². The van der Waals surface area contributed by atoms with Crippen LogP contribution in [0.5, 0.6) is 0 Å². The van der Waals surface area contributed by atoms with Crippen LogP contribution in [0.3, 0.4) is 0 Å². The van der Waals surface area contributed by atoms with E-state index in [1.165, 1.54) is 0 Å². The monoisotopic (exact) mass is 262 g/mol. The van der Waals surface area contributed by atoms with Crippen molar-refractivity contribution < 1.29 is 9.90 Å². The van der Waals surface area contributed by atoms with Gasteiger partial charge in [-0.2, -0.15) is 0 Å². The summed E-state index contributed by atoms with van der Waals surface area (Å²) in [6.45, 7) is 1.74. The van der Waals surface area contributed by atoms with Crippen molar-refractivity contribution in [2.45, 2.75) is 31.9 Å². The predicted octanol–water partition coefficient (Wildman–Crippen LogP) is 1.38. The van der Waals surface area contributed by atoms with Gasteiger partial charge < -0.3 is 15.7 Å². The Balaban J connectivity index is 1.87. The number of hydrogen-bond acceptors (Lipinski definition) is 3. The molecule has 3 N–H and O–H groups in total. The molecule has 19 heavy (non-hydrogen) atoms. The number of aliphatic hydroxyl groups excluding tert-OH is 1. The van der Waals surface area contributed by atoms with Gasteiger partial charge in [-0.15, -0.1) is 0 Å². The average Bonchev–Trinajstić information content (AvgIpc) is 2.75. The lowest BCUT2D eigenvalue weighted by atomic mass is 10.1. The predicted molar refractivity (Wildman–Crippen MR) is 74.6 cm³/mol. The maximum absolute atomic E-state index is 11.0. The summed E-state index contributed by atoms with van der Waals surface area (Å²) in [5, 5.41) is 9.82. The second kappa shape index (κ2) is 6.17. The van der Waals surface area contributed by atoms with E-state index >= 15 is 0 Å². The highest BCUT2D eigenvalue weighted by Crippen LogP contribution is 2.26. The number of hydrogen-bond donors (Lipinski definition) is 2. The Morgan fingerprint density at radius 2 is 2.05 bits per heavy atom. The molecular weight excluding hydrogens is 240 g/mol. The molecule has 0 aromatic heterocycles. The van der Waals surface area contributed by atoms with Crippen LogP contribution < -0.4 is 5.73 Å². The van der Waals surface area contributed by atoms with Crippen LogP contribution in [0.4, 0.5) is 0 Å². The first-order valence-electron chi connectivity index (χ1n) is 6.81. The molecule has 4 heteroatoms. The Hall–Kier alpha value is -1.39. The fourth-order valence-corrected chi connectivity index (χ4v) is 2.78. The van der Waals surface area contributed by atoms with Crippen molar-refractivity contribution in [3.63, 3.8) is 0 Å². The van der Waals surface area contributed by atoms with Crippen LogP contribution in [-0.2, 0) is 6.54 Å². The van der Waals surface area contributed by atoms with Gasteiger partial charge in [0.25, 0.3) is 0 Å². The van der Waals surface area contributed by atoms with Crippen molar-refractivity contribution in [1.82, 2.24) is 4.90 Å². The molecule has 4 nitrogen and oxygen atoms in total. The Morgan fingerprint density at radius 3 is 2.58 bits per heavy atom. The molecule has 0 radical (unpaired) electrons. The van der Waals surface area contributed by atoms with Gasteiger partial charge in [-0.05, 0) is 43.5 Å². The number of nitrogens with two attached hydrogens (primary N) is 1. The molecule has 2 atom stereocenters. The summed E-state index contributed by atoms with van der Waals surface area (Å²) in [5.74, 6) is 0.00359. The van der Waals surface area contributed by atoms with E-state index in [2.05, 4.69) is 11.9 Å². The molecule has 0 heterocycles. The van der Waals surface area contributed by atoms with E-state index in [-0.39, 0.29) is 6.10 Å². The molecule has 104 valence electrons. The molecular formula is C15H22N2O2. The highest BCUT2D eigenvalue weighted by Gasteiger charge is 2.25. The SMILES string of the molecule is CN(Cc1ccc(C(N)=O)cc1)CC1CCCC1O. The highest BCUT2D eigenvalue weighted by molar-refractivity contribution is 5.92. The van der Waals surface area contributed by atoms with Crippen molar-refractivity contribution in [3.8, 4) is 0 Å². The van der Waals surface area contributed by atoms with E-state index in [0.717, 1.165) is 37.9 Å². The summed E-state index contributed by atoms with van der Waals surface area (Å²) in [6, 6.07) is 7.38. The summed E-state index contributed by atoms with van der Waals surface area (Å²) in [5.41, 5.74) is 6.90. The number of aliphatic hydroxyl groups is 1. The van der Waals surface area contributed by atoms with E-state index < -0.39 is 5.91 Å². The number of nitrogens with zero attached hydrogens (tertiary/aromatic N) is 1. The Kier molecular flexibility index (Phi) is 4.56. The molecule has 1 aliphatic rings. The first-order chi connectivity index (χ1) is 9.06. The Bertz CT molecular complexity index is 430. The molecule has 0 bridgehead atoms. The van der Waals surface area contributed by atoms with Crippen LogP contribution in [0, 0.1) is 5.92 Å². The first-order valence-corrected chi connectivity index (χ1v) is 6.81. The van der Waals surface area contributed by atoms with E-state index in [9.17, 15) is 9.90 Å². The zero-order valence-corrected chi connectivity index (χ0v) is 11.4. The number of benzene rings is 1. The van der Waals surface area contributed by atoms with E-state index in [4.69, 9.17) is 5.73 Å². The topological polar surface area (TPSA) is 66.6 Å². The van der Waals surface area contributed by atoms with Gasteiger partial charge in [0.15, 0.2) is 0 Å². The Labute approximate surface area is 114 Å². The zero-order chi connectivity index (χ0) is 13.8. The molecule has 1 saturated carbocycles. The second-order valence-electron chi connectivity index (χ2n) is 5.52. The number of rotatable bonds is 5. The fraction of sp³-hybridized carbons (Fsp3) is 0.533. The molecule has 1 fully saturated rings. The van der Waals surface area contributed by atoms with Gasteiger partial charge in [0.05, 0.1) is 6.10 Å². The minimum Gasteiger partial charge on any atom is -0.393 e. The lowest BCUT2D eigenvalue weighted by Crippen LogP contribution is -2.29. The smallest absolute Gasteiger partial charge is 0.248 e. The molecule has 2 unspecified atom stereocenters.